The highest BCUT2D eigenvalue weighted by molar-refractivity contribution is 7.99. The molecule has 5 N–H and O–H groups in total. The molecule has 0 saturated carbocycles. The van der Waals surface area contributed by atoms with Gasteiger partial charge in [-0.25, -0.2) is 4.79 Å². The fourth-order valence-corrected chi connectivity index (χ4v) is 11.9. The van der Waals surface area contributed by atoms with E-state index in [1.165, 1.54) is 18.7 Å². The van der Waals surface area contributed by atoms with Gasteiger partial charge in [0, 0.05) is 58.4 Å². The first-order chi connectivity index (χ1) is 26.0. The van der Waals surface area contributed by atoms with Crippen molar-refractivity contribution in [2.75, 3.05) is 32.8 Å². The number of hydrogen-bond donors (Lipinski definition) is 5. The van der Waals surface area contributed by atoms with E-state index in [1.807, 2.05) is 24.8 Å². The van der Waals surface area contributed by atoms with Crippen LogP contribution in [-0.2, 0) is 32.7 Å². The summed E-state index contributed by atoms with van der Waals surface area (Å²) in [5.41, 5.74) is 7.13. The van der Waals surface area contributed by atoms with Crippen LogP contribution in [0.5, 0.6) is 28.7 Å². The number of phenols is 1. The first-order valence-electron chi connectivity index (χ1n) is 18.4. The average molecular weight is 755 g/mol. The molecule has 1 spiro atoms. The standard InChI is InChI=1S/C40H42N4O9S/c1-16-6-7-23-22(10-16)21-8-9-41-40(37(21)43-23)14-54-36-28-27(35-34(51-15-52-35)18(3)33(28)53-19(4)45)25(13-50-39(40)48)44-30(36)29-26-20(12-24(42-29)38(44)47)11-17(2)32(49-5)31(26)46/h6-7,10-11,24-25,29-30,36,38,41-43,46-47H,8-9,12-15H2,1-5H3/t24-,25+,29+,30?,36-,38+,40-/m1/s1. The third kappa shape index (κ3) is 4.54. The maximum absolute atomic E-state index is 14.8. The largest absolute Gasteiger partial charge is 0.504 e. The molecule has 0 amide bonds. The number of aryl methyl sites for hydroxylation is 2. The molecule has 2 fully saturated rings. The number of aliphatic hydroxyl groups is 1. The topological polar surface area (TPSA) is 164 Å². The number of methoxy groups -OCH3 is 1. The molecule has 4 bridgehead atoms. The Morgan fingerprint density at radius 2 is 1.89 bits per heavy atom. The average Bonchev–Trinajstić information content (AvgIpc) is 3.79. The summed E-state index contributed by atoms with van der Waals surface area (Å²) in [5.74, 6) is 1.07. The Morgan fingerprint density at radius 3 is 2.69 bits per heavy atom. The van der Waals surface area contributed by atoms with Crippen molar-refractivity contribution in [3.8, 4) is 28.7 Å². The molecular formula is C40H42N4O9S. The van der Waals surface area contributed by atoms with Gasteiger partial charge in [0.2, 0.25) is 6.79 Å². The number of rotatable bonds is 2. The van der Waals surface area contributed by atoms with Crippen molar-refractivity contribution in [3.05, 3.63) is 74.5 Å². The number of aromatic nitrogens is 1. The molecular weight excluding hydrogens is 713 g/mol. The zero-order valence-electron chi connectivity index (χ0n) is 30.6. The Hall–Kier alpha value is -4.47. The molecule has 1 aromatic heterocycles. The van der Waals surface area contributed by atoms with Gasteiger partial charge in [-0.1, -0.05) is 17.7 Å². The minimum atomic E-state index is -1.24. The summed E-state index contributed by atoms with van der Waals surface area (Å²) in [7, 11) is 1.54. The number of ether oxygens (including phenoxy) is 5. The van der Waals surface area contributed by atoms with E-state index in [9.17, 15) is 19.8 Å². The molecule has 3 aromatic carbocycles. The van der Waals surface area contributed by atoms with Gasteiger partial charge < -0.3 is 44.2 Å². The number of carbonyl (C=O) groups is 2. The van der Waals surface area contributed by atoms with Gasteiger partial charge in [0.25, 0.3) is 0 Å². The molecule has 2 saturated heterocycles. The number of carbonyl (C=O) groups excluding carboxylic acids is 2. The van der Waals surface area contributed by atoms with E-state index in [4.69, 9.17) is 23.7 Å². The van der Waals surface area contributed by atoms with Crippen LogP contribution in [-0.4, -0.2) is 83.2 Å². The number of aromatic amines is 1. The summed E-state index contributed by atoms with van der Waals surface area (Å²) in [6.07, 6.45) is 0.163. The quantitative estimate of drug-likeness (QED) is 0.147. The predicted octanol–water partition coefficient (Wildman–Crippen LogP) is 4.15. The molecule has 0 radical (unpaired) electrons. The molecule has 7 aliphatic heterocycles. The number of H-pyrrole nitrogens is 1. The van der Waals surface area contributed by atoms with Gasteiger partial charge in [-0.05, 0) is 62.4 Å². The number of esters is 2. The van der Waals surface area contributed by atoms with E-state index in [2.05, 4.69) is 40.7 Å². The number of aliphatic hydroxyl groups excluding tert-OH is 1. The van der Waals surface area contributed by atoms with E-state index < -0.39 is 53.1 Å². The van der Waals surface area contributed by atoms with Crippen LogP contribution < -0.4 is 29.6 Å². The molecule has 14 heteroatoms. The number of fused-ring (bicyclic) bond motifs is 11. The molecule has 54 heavy (non-hydrogen) atoms. The lowest BCUT2D eigenvalue weighted by molar-refractivity contribution is -0.164. The summed E-state index contributed by atoms with van der Waals surface area (Å²) in [6.45, 7) is 7.57. The summed E-state index contributed by atoms with van der Waals surface area (Å²) in [6, 6.07) is 6.11. The van der Waals surface area contributed by atoms with Gasteiger partial charge in [0.15, 0.2) is 28.5 Å². The Morgan fingerprint density at radius 1 is 1.07 bits per heavy atom. The zero-order chi connectivity index (χ0) is 37.4. The smallest absolute Gasteiger partial charge is 0.333 e. The minimum absolute atomic E-state index is 0.0364. The van der Waals surface area contributed by atoms with Gasteiger partial charge in [0.05, 0.1) is 36.2 Å². The monoisotopic (exact) mass is 754 g/mol. The van der Waals surface area contributed by atoms with Crippen molar-refractivity contribution >= 4 is 34.6 Å². The summed E-state index contributed by atoms with van der Waals surface area (Å²) in [4.78, 5) is 33.3. The van der Waals surface area contributed by atoms with Crippen molar-refractivity contribution in [2.24, 2.45) is 0 Å². The number of phenolic OH excluding ortho intramolecular Hbond substituents is 1. The van der Waals surface area contributed by atoms with Crippen molar-refractivity contribution in [1.29, 1.82) is 0 Å². The summed E-state index contributed by atoms with van der Waals surface area (Å²) in [5, 5.41) is 32.2. The Labute approximate surface area is 315 Å². The normalized spacial score (nSPS) is 29.3. The van der Waals surface area contributed by atoms with E-state index in [-0.39, 0.29) is 24.9 Å². The second-order valence-corrected chi connectivity index (χ2v) is 16.5. The maximum atomic E-state index is 14.8. The SMILES string of the molecule is COc1c(C)cc2c(c1O)[C@@H]1N[C@H](C2)[C@H](O)N2C1[C@@H]1SC[C@]3(NCCc4c3[nH]c3ccc(C)cc43)C(=O)OC[C@H]2c2c3c(c(C)c(OC(C)=O)c21)OCO3. The summed E-state index contributed by atoms with van der Waals surface area (Å²) >= 11 is 1.53. The van der Waals surface area contributed by atoms with Crippen LogP contribution in [0.2, 0.25) is 0 Å². The Bertz CT molecular complexity index is 2310. The first kappa shape index (κ1) is 34.1. The first-order valence-corrected chi connectivity index (χ1v) is 19.5. The number of hydrogen-bond acceptors (Lipinski definition) is 13. The van der Waals surface area contributed by atoms with Gasteiger partial charge in [-0.15, -0.1) is 11.8 Å². The van der Waals surface area contributed by atoms with E-state index in [0.717, 1.165) is 50.8 Å². The lowest BCUT2D eigenvalue weighted by Gasteiger charge is -2.59. The lowest BCUT2D eigenvalue weighted by Crippen LogP contribution is -2.69. The maximum Gasteiger partial charge on any atom is 0.333 e. The van der Waals surface area contributed by atoms with Crippen molar-refractivity contribution in [2.45, 2.75) is 81.7 Å². The third-order valence-corrected chi connectivity index (χ3v) is 13.8. The Balaban J connectivity index is 1.23. The van der Waals surface area contributed by atoms with Crippen LogP contribution in [0.25, 0.3) is 10.9 Å². The van der Waals surface area contributed by atoms with Gasteiger partial charge in [0.1, 0.15) is 18.6 Å². The van der Waals surface area contributed by atoms with Crippen LogP contribution >= 0.6 is 11.8 Å². The van der Waals surface area contributed by atoms with Crippen molar-refractivity contribution in [1.82, 2.24) is 20.5 Å². The highest BCUT2D eigenvalue weighted by Crippen LogP contribution is 2.63. The number of nitrogens with one attached hydrogen (secondary N) is 3. The van der Waals surface area contributed by atoms with Gasteiger partial charge in [-0.3, -0.25) is 15.0 Å². The van der Waals surface area contributed by atoms with Crippen LogP contribution in [0, 0.1) is 20.8 Å². The molecule has 1 unspecified atom stereocenters. The van der Waals surface area contributed by atoms with Crippen LogP contribution in [0.1, 0.15) is 74.5 Å². The second kappa shape index (κ2) is 12.0. The molecule has 13 nitrogen and oxygen atoms in total. The molecule has 4 aromatic rings. The fraction of sp³-hybridized carbons (Fsp3) is 0.450. The zero-order valence-corrected chi connectivity index (χ0v) is 31.4. The molecule has 0 aliphatic carbocycles. The number of nitrogens with zero attached hydrogens (tertiary/aromatic N) is 1. The van der Waals surface area contributed by atoms with Crippen LogP contribution in [0.4, 0.5) is 0 Å². The molecule has 7 aliphatic rings. The van der Waals surface area contributed by atoms with E-state index >= 15 is 0 Å². The molecule has 8 heterocycles. The number of benzene rings is 3. The number of piperazine rings is 1. The van der Waals surface area contributed by atoms with Crippen LogP contribution in [0.3, 0.4) is 0 Å². The minimum Gasteiger partial charge on any atom is -0.504 e. The second-order valence-electron chi connectivity index (χ2n) is 15.3. The fourth-order valence-electron chi connectivity index (χ4n) is 10.2. The summed E-state index contributed by atoms with van der Waals surface area (Å²) < 4.78 is 30.5. The highest BCUT2D eigenvalue weighted by atomic mass is 32.2. The number of thioether (sulfide) groups is 1. The van der Waals surface area contributed by atoms with Crippen molar-refractivity contribution < 1.29 is 43.5 Å². The van der Waals surface area contributed by atoms with E-state index in [1.54, 1.807) is 7.11 Å². The molecule has 282 valence electrons. The predicted molar refractivity (Wildman–Crippen MR) is 198 cm³/mol. The molecule has 7 atom stereocenters. The third-order valence-electron chi connectivity index (χ3n) is 12.4. The van der Waals surface area contributed by atoms with E-state index in [0.29, 0.717) is 52.7 Å². The molecule has 11 rings (SSSR count). The number of aromatic hydroxyl groups is 1. The van der Waals surface area contributed by atoms with Crippen LogP contribution in [0.15, 0.2) is 24.3 Å². The highest BCUT2D eigenvalue weighted by Gasteiger charge is 2.60. The van der Waals surface area contributed by atoms with Crippen molar-refractivity contribution in [3.63, 3.8) is 0 Å². The Kier molecular flexibility index (Phi) is 7.58. The lowest BCUT2D eigenvalue weighted by atomic mass is 9.74. The van der Waals surface area contributed by atoms with Gasteiger partial charge >= 0.3 is 11.9 Å². The van der Waals surface area contributed by atoms with Gasteiger partial charge in [-0.2, -0.15) is 0 Å².